The molecule has 0 radical (unpaired) electrons. The van der Waals surface area contributed by atoms with Crippen LogP contribution in [0.3, 0.4) is 0 Å². The highest BCUT2D eigenvalue weighted by atomic mass is 28.4. The lowest BCUT2D eigenvalue weighted by Crippen LogP contribution is -2.60. The molecule has 0 aliphatic carbocycles. The van der Waals surface area contributed by atoms with E-state index in [4.69, 9.17) is 4.43 Å². The van der Waals surface area contributed by atoms with Crippen molar-refractivity contribution in [2.24, 2.45) is 0 Å². The Labute approximate surface area is 217 Å². The number of phenolic OH excluding ortho intramolecular Hbond substituents is 2. The predicted octanol–water partition coefficient (Wildman–Crippen LogP) is 8.86. The smallest absolute Gasteiger partial charge is 0.192 e. The molecule has 35 heavy (non-hydrogen) atoms. The topological polar surface area (TPSA) is 49.7 Å². The third-order valence-electron chi connectivity index (χ3n) is 9.15. The highest BCUT2D eigenvalue weighted by Gasteiger charge is 2.51. The van der Waals surface area contributed by atoms with Gasteiger partial charge in [0.05, 0.1) is 8.07 Å². The number of aryl methyl sites for hydroxylation is 2. The number of hydrogen-bond donors (Lipinski definition) is 2. The van der Waals surface area contributed by atoms with E-state index < -0.39 is 16.4 Å². The number of aromatic hydroxyl groups is 2. The summed E-state index contributed by atoms with van der Waals surface area (Å²) in [5.74, 6) is 0.674. The SMILES string of the molecule is CCC(C)(O[Si](C)(C)C(C)(CC)CCCc1ccc(O)cc1)[Si](C)(C)CCCc1ccc(O)cc1. The maximum Gasteiger partial charge on any atom is 0.192 e. The van der Waals surface area contributed by atoms with E-state index in [1.807, 2.05) is 24.3 Å². The van der Waals surface area contributed by atoms with E-state index in [0.717, 1.165) is 32.1 Å². The molecular formula is C30H50O3Si2. The Kier molecular flexibility index (Phi) is 10.3. The van der Waals surface area contributed by atoms with Crippen LogP contribution in [0.25, 0.3) is 0 Å². The fourth-order valence-corrected chi connectivity index (χ4v) is 12.9. The van der Waals surface area contributed by atoms with Gasteiger partial charge in [-0.15, -0.1) is 0 Å². The molecule has 0 aliphatic rings. The van der Waals surface area contributed by atoms with Gasteiger partial charge in [0.15, 0.2) is 8.32 Å². The summed E-state index contributed by atoms with van der Waals surface area (Å²) in [6.07, 6.45) is 7.80. The Morgan fingerprint density at radius 1 is 0.714 bits per heavy atom. The Morgan fingerprint density at radius 2 is 1.17 bits per heavy atom. The predicted molar refractivity (Wildman–Crippen MR) is 156 cm³/mol. The van der Waals surface area contributed by atoms with Crippen molar-refractivity contribution in [1.29, 1.82) is 0 Å². The molecule has 2 aromatic rings. The van der Waals surface area contributed by atoms with Gasteiger partial charge in [-0.2, -0.15) is 0 Å². The normalized spacial score (nSPS) is 16.0. The average Bonchev–Trinajstić information content (AvgIpc) is 2.80. The number of benzene rings is 2. The fraction of sp³-hybridized carbons (Fsp3) is 0.600. The molecule has 0 saturated heterocycles. The zero-order valence-electron chi connectivity index (χ0n) is 23.6. The average molecular weight is 515 g/mol. The fourth-order valence-electron chi connectivity index (χ4n) is 5.29. The molecule has 2 aromatic carbocycles. The lowest BCUT2D eigenvalue weighted by atomic mass is 9.98. The van der Waals surface area contributed by atoms with Crippen LogP contribution in [0, 0.1) is 0 Å². The van der Waals surface area contributed by atoms with Crippen LogP contribution in [-0.4, -0.2) is 31.8 Å². The highest BCUT2D eigenvalue weighted by molar-refractivity contribution is 6.82. The van der Waals surface area contributed by atoms with E-state index in [2.05, 4.69) is 53.9 Å². The molecule has 3 nitrogen and oxygen atoms in total. The first-order valence-electron chi connectivity index (χ1n) is 13.5. The molecule has 196 valence electrons. The Morgan fingerprint density at radius 3 is 1.60 bits per heavy atom. The summed E-state index contributed by atoms with van der Waals surface area (Å²) in [7, 11) is -3.69. The van der Waals surface area contributed by atoms with Crippen LogP contribution < -0.4 is 0 Å². The van der Waals surface area contributed by atoms with Gasteiger partial charge < -0.3 is 14.6 Å². The van der Waals surface area contributed by atoms with Gasteiger partial charge in [-0.1, -0.05) is 77.0 Å². The molecule has 0 aromatic heterocycles. The van der Waals surface area contributed by atoms with Crippen molar-refractivity contribution in [2.45, 2.75) is 115 Å². The number of rotatable bonds is 14. The molecule has 0 heterocycles. The van der Waals surface area contributed by atoms with E-state index in [9.17, 15) is 10.2 Å². The van der Waals surface area contributed by atoms with Crippen LogP contribution in [0.5, 0.6) is 11.5 Å². The summed E-state index contributed by atoms with van der Waals surface area (Å²) in [5, 5.41) is 19.3. The molecule has 0 spiro atoms. The molecule has 0 bridgehead atoms. The highest BCUT2D eigenvalue weighted by Crippen LogP contribution is 2.49. The minimum atomic E-state index is -2.01. The zero-order valence-corrected chi connectivity index (χ0v) is 25.6. The molecule has 2 rings (SSSR count). The number of phenols is 2. The molecule has 2 unspecified atom stereocenters. The van der Waals surface area contributed by atoms with Crippen molar-refractivity contribution >= 4 is 16.4 Å². The Balaban J connectivity index is 2.05. The minimum Gasteiger partial charge on any atom is -0.508 e. The van der Waals surface area contributed by atoms with E-state index in [0.29, 0.717) is 11.5 Å². The van der Waals surface area contributed by atoms with Crippen molar-refractivity contribution in [3.8, 4) is 11.5 Å². The maximum atomic E-state index is 9.56. The van der Waals surface area contributed by atoms with Gasteiger partial charge in [-0.3, -0.25) is 0 Å². The van der Waals surface area contributed by atoms with Crippen molar-refractivity contribution in [2.75, 3.05) is 0 Å². The van der Waals surface area contributed by atoms with Crippen molar-refractivity contribution < 1.29 is 14.6 Å². The summed E-state index contributed by atoms with van der Waals surface area (Å²) in [6.45, 7) is 19.5. The van der Waals surface area contributed by atoms with E-state index in [1.54, 1.807) is 24.3 Å². The van der Waals surface area contributed by atoms with Gasteiger partial charge in [0.2, 0.25) is 0 Å². The van der Waals surface area contributed by atoms with Gasteiger partial charge in [0, 0.05) is 5.22 Å². The van der Waals surface area contributed by atoms with Gasteiger partial charge in [0.25, 0.3) is 0 Å². The molecule has 0 aliphatic heterocycles. The minimum absolute atomic E-state index is 0.0366. The summed E-state index contributed by atoms with van der Waals surface area (Å²) >= 11 is 0. The monoisotopic (exact) mass is 514 g/mol. The van der Waals surface area contributed by atoms with Crippen LogP contribution in [0.2, 0.25) is 37.3 Å². The van der Waals surface area contributed by atoms with E-state index in [-0.39, 0.29) is 10.3 Å². The van der Waals surface area contributed by atoms with Gasteiger partial charge in [-0.05, 0) is 92.6 Å². The molecular weight excluding hydrogens is 464 g/mol. The van der Waals surface area contributed by atoms with Gasteiger partial charge >= 0.3 is 0 Å². The third kappa shape index (κ3) is 7.71. The van der Waals surface area contributed by atoms with Crippen molar-refractivity contribution in [1.82, 2.24) is 0 Å². The third-order valence-corrected chi connectivity index (χ3v) is 18.8. The van der Waals surface area contributed by atoms with Crippen LogP contribution in [0.15, 0.2) is 48.5 Å². The Bertz CT molecular complexity index is 908. The lowest BCUT2D eigenvalue weighted by molar-refractivity contribution is 0.133. The molecule has 0 amide bonds. The molecule has 0 saturated carbocycles. The molecule has 2 atom stereocenters. The second-order valence-electron chi connectivity index (χ2n) is 12.0. The second-order valence-corrected chi connectivity index (χ2v) is 21.8. The van der Waals surface area contributed by atoms with Crippen LogP contribution in [0.4, 0.5) is 0 Å². The quantitative estimate of drug-likeness (QED) is 0.247. The van der Waals surface area contributed by atoms with E-state index >= 15 is 0 Å². The summed E-state index contributed by atoms with van der Waals surface area (Å²) in [6, 6.07) is 16.6. The summed E-state index contributed by atoms with van der Waals surface area (Å²) in [4.78, 5) is 0. The summed E-state index contributed by atoms with van der Waals surface area (Å²) in [5.41, 5.74) is 2.59. The summed E-state index contributed by atoms with van der Waals surface area (Å²) < 4.78 is 7.37. The molecule has 2 N–H and O–H groups in total. The maximum absolute atomic E-state index is 9.56. The molecule has 0 fully saturated rings. The van der Waals surface area contributed by atoms with Crippen LogP contribution in [-0.2, 0) is 17.3 Å². The van der Waals surface area contributed by atoms with Crippen LogP contribution in [0.1, 0.15) is 70.9 Å². The van der Waals surface area contributed by atoms with Crippen molar-refractivity contribution in [3.05, 3.63) is 59.7 Å². The van der Waals surface area contributed by atoms with Crippen LogP contribution >= 0.6 is 0 Å². The first kappa shape index (κ1) is 29.7. The van der Waals surface area contributed by atoms with Crippen molar-refractivity contribution in [3.63, 3.8) is 0 Å². The van der Waals surface area contributed by atoms with Gasteiger partial charge in [-0.25, -0.2) is 0 Å². The number of hydrogen-bond acceptors (Lipinski definition) is 3. The standard InChI is InChI=1S/C30H50O3Si2/c1-9-29(3,23-11-13-25-15-19-27(31)20-16-25)35(7,8)33-30(4,10-2)34(5,6)24-12-14-26-17-21-28(32)22-18-26/h15-22,31-32H,9-14,23-24H2,1-8H3. The largest absolute Gasteiger partial charge is 0.508 e. The second kappa shape index (κ2) is 12.1. The zero-order chi connectivity index (χ0) is 26.3. The first-order chi connectivity index (χ1) is 16.3. The molecule has 5 heteroatoms. The van der Waals surface area contributed by atoms with Gasteiger partial charge in [0.1, 0.15) is 11.5 Å². The lowest BCUT2D eigenvalue weighted by Gasteiger charge is -2.52. The first-order valence-corrected chi connectivity index (χ1v) is 19.6. The van der Waals surface area contributed by atoms with E-state index in [1.165, 1.54) is 30.0 Å². The Hall–Kier alpha value is -1.57.